The van der Waals surface area contributed by atoms with E-state index in [-0.39, 0.29) is 6.04 Å². The van der Waals surface area contributed by atoms with E-state index < -0.39 is 0 Å². The van der Waals surface area contributed by atoms with Gasteiger partial charge in [-0.1, -0.05) is 50.2 Å². The molecule has 0 amide bonds. The van der Waals surface area contributed by atoms with Crippen molar-refractivity contribution in [1.29, 1.82) is 0 Å². The summed E-state index contributed by atoms with van der Waals surface area (Å²) in [4.78, 5) is 2.91. The normalized spacial score (nSPS) is 22.2. The van der Waals surface area contributed by atoms with Crippen LogP contribution in [-0.4, -0.2) is 6.04 Å². The summed E-state index contributed by atoms with van der Waals surface area (Å²) in [5.74, 6) is 0.357. The number of hydrogen-bond acceptors (Lipinski definition) is 1. The Labute approximate surface area is 97.1 Å². The van der Waals surface area contributed by atoms with E-state index in [2.05, 4.69) is 35.1 Å². The van der Waals surface area contributed by atoms with Crippen molar-refractivity contribution in [2.75, 3.05) is 0 Å². The van der Waals surface area contributed by atoms with Crippen molar-refractivity contribution in [3.05, 3.63) is 45.8 Å². The van der Waals surface area contributed by atoms with Gasteiger partial charge >= 0.3 is 0 Å². The lowest BCUT2D eigenvalue weighted by Gasteiger charge is -2.27. The Morgan fingerprint density at radius 1 is 1.31 bits per heavy atom. The van der Waals surface area contributed by atoms with E-state index in [1.54, 1.807) is 0 Å². The second-order valence-corrected chi connectivity index (χ2v) is 3.80. The highest BCUT2D eigenvalue weighted by molar-refractivity contribution is 5.33. The quantitative estimate of drug-likeness (QED) is 0.379. The van der Waals surface area contributed by atoms with Gasteiger partial charge in [0.2, 0.25) is 0 Å². The number of nitrogens with zero attached hydrogens (tertiary/aromatic N) is 3. The number of benzene rings is 1. The van der Waals surface area contributed by atoms with E-state index in [4.69, 9.17) is 5.53 Å². The van der Waals surface area contributed by atoms with E-state index in [1.807, 2.05) is 19.9 Å². The first-order chi connectivity index (χ1) is 7.83. The van der Waals surface area contributed by atoms with Crippen LogP contribution < -0.4 is 0 Å². The van der Waals surface area contributed by atoms with Crippen molar-refractivity contribution in [3.63, 3.8) is 0 Å². The predicted octanol–water partition coefficient (Wildman–Crippen LogP) is 4.44. The molecular formula is C13H19N3. The van der Waals surface area contributed by atoms with Crippen molar-refractivity contribution in [2.24, 2.45) is 5.11 Å². The van der Waals surface area contributed by atoms with E-state index in [0.29, 0.717) is 5.92 Å². The molecule has 2 atom stereocenters. The molecule has 16 heavy (non-hydrogen) atoms. The van der Waals surface area contributed by atoms with Crippen molar-refractivity contribution in [2.45, 2.75) is 45.6 Å². The summed E-state index contributed by atoms with van der Waals surface area (Å²) < 4.78 is 0. The molecule has 0 fully saturated rings. The summed E-state index contributed by atoms with van der Waals surface area (Å²) in [6.45, 7) is 6.14. The Kier molecular flexibility index (Phi) is 4.87. The lowest BCUT2D eigenvalue weighted by atomic mass is 9.81. The second kappa shape index (κ2) is 6.19. The first-order valence-electron chi connectivity index (χ1n) is 5.95. The second-order valence-electron chi connectivity index (χ2n) is 3.80. The SMILES string of the molecule is CC.CC1c2ccccc2CCC1N=[N+]=[N-]. The minimum Gasteiger partial charge on any atom is -0.0900 e. The maximum Gasteiger partial charge on any atom is 0.0443 e. The summed E-state index contributed by atoms with van der Waals surface area (Å²) in [6.07, 6.45) is 2.01. The third-order valence-corrected chi connectivity index (χ3v) is 3.03. The van der Waals surface area contributed by atoms with Crippen LogP contribution in [0.5, 0.6) is 0 Å². The Balaban J connectivity index is 0.000000606. The third kappa shape index (κ3) is 2.56. The zero-order valence-corrected chi connectivity index (χ0v) is 10.2. The molecule has 0 spiro atoms. The van der Waals surface area contributed by atoms with Crippen LogP contribution >= 0.6 is 0 Å². The molecule has 2 unspecified atom stereocenters. The third-order valence-electron chi connectivity index (χ3n) is 3.03. The zero-order chi connectivity index (χ0) is 12.0. The molecule has 2 rings (SSSR count). The molecule has 0 aliphatic heterocycles. The van der Waals surface area contributed by atoms with Crippen LogP contribution in [0.3, 0.4) is 0 Å². The summed E-state index contributed by atoms with van der Waals surface area (Å²) in [7, 11) is 0. The molecule has 3 heteroatoms. The number of aryl methyl sites for hydroxylation is 1. The molecule has 3 nitrogen and oxygen atoms in total. The van der Waals surface area contributed by atoms with Crippen LogP contribution in [0.15, 0.2) is 29.4 Å². The van der Waals surface area contributed by atoms with Crippen molar-refractivity contribution >= 4 is 0 Å². The fraction of sp³-hybridized carbons (Fsp3) is 0.538. The van der Waals surface area contributed by atoms with E-state index in [9.17, 15) is 0 Å². The maximum atomic E-state index is 8.44. The van der Waals surface area contributed by atoms with E-state index in [0.717, 1.165) is 12.8 Å². The van der Waals surface area contributed by atoms with Crippen LogP contribution in [0, 0.1) is 0 Å². The maximum absolute atomic E-state index is 8.44. The van der Waals surface area contributed by atoms with Gasteiger partial charge in [-0.2, -0.15) is 0 Å². The first kappa shape index (κ1) is 12.6. The van der Waals surface area contributed by atoms with Crippen molar-refractivity contribution < 1.29 is 0 Å². The van der Waals surface area contributed by atoms with E-state index in [1.165, 1.54) is 11.1 Å². The number of fused-ring (bicyclic) bond motifs is 1. The minimum atomic E-state index is 0.134. The van der Waals surface area contributed by atoms with E-state index >= 15 is 0 Å². The Bertz CT molecular complexity index is 381. The molecule has 1 aromatic rings. The zero-order valence-electron chi connectivity index (χ0n) is 10.2. The molecule has 86 valence electrons. The number of azide groups is 1. The van der Waals surface area contributed by atoms with Crippen LogP contribution in [0.2, 0.25) is 0 Å². The summed E-state index contributed by atoms with van der Waals surface area (Å²) >= 11 is 0. The smallest absolute Gasteiger partial charge is 0.0443 e. The van der Waals surface area contributed by atoms with Crippen molar-refractivity contribution in [3.8, 4) is 0 Å². The van der Waals surface area contributed by atoms with Gasteiger partial charge in [0, 0.05) is 11.0 Å². The van der Waals surface area contributed by atoms with Gasteiger partial charge in [-0.15, -0.1) is 0 Å². The molecule has 1 aromatic carbocycles. The van der Waals surface area contributed by atoms with Crippen LogP contribution in [-0.2, 0) is 6.42 Å². The Morgan fingerprint density at radius 2 is 2.00 bits per heavy atom. The average Bonchev–Trinajstić information content (AvgIpc) is 2.36. The largest absolute Gasteiger partial charge is 0.0900 e. The van der Waals surface area contributed by atoms with Gasteiger partial charge in [0.05, 0.1) is 0 Å². The lowest BCUT2D eigenvalue weighted by molar-refractivity contribution is 0.495. The molecule has 1 aliphatic rings. The van der Waals surface area contributed by atoms with Gasteiger partial charge in [0.1, 0.15) is 0 Å². The standard InChI is InChI=1S/C11H13N3.C2H6/c1-8-10-5-3-2-4-9(10)6-7-11(8)13-14-12;1-2/h2-5,8,11H,6-7H2,1H3;1-2H3. The molecule has 1 aliphatic carbocycles. The minimum absolute atomic E-state index is 0.134. The first-order valence-corrected chi connectivity index (χ1v) is 5.95. The van der Waals surface area contributed by atoms with Gasteiger partial charge < -0.3 is 0 Å². The molecule has 0 heterocycles. The summed E-state index contributed by atoms with van der Waals surface area (Å²) in [6, 6.07) is 8.56. The molecule has 0 radical (unpaired) electrons. The monoisotopic (exact) mass is 217 g/mol. The van der Waals surface area contributed by atoms with Gasteiger partial charge in [-0.05, 0) is 35.4 Å². The van der Waals surface area contributed by atoms with Crippen LogP contribution in [0.4, 0.5) is 0 Å². The molecule has 0 saturated heterocycles. The van der Waals surface area contributed by atoms with Gasteiger partial charge in [0.25, 0.3) is 0 Å². The van der Waals surface area contributed by atoms with Gasteiger partial charge in [0.15, 0.2) is 0 Å². The Hall–Kier alpha value is -1.47. The fourth-order valence-electron chi connectivity index (χ4n) is 2.19. The van der Waals surface area contributed by atoms with Gasteiger partial charge in [-0.25, -0.2) is 0 Å². The highest BCUT2D eigenvalue weighted by Crippen LogP contribution is 2.33. The topological polar surface area (TPSA) is 48.8 Å². The fourth-order valence-corrected chi connectivity index (χ4v) is 2.19. The van der Waals surface area contributed by atoms with Crippen LogP contribution in [0.1, 0.15) is 44.2 Å². The molecular weight excluding hydrogens is 198 g/mol. The highest BCUT2D eigenvalue weighted by Gasteiger charge is 2.24. The lowest BCUT2D eigenvalue weighted by Crippen LogP contribution is -2.21. The highest BCUT2D eigenvalue weighted by atomic mass is 15.1. The number of hydrogen-bond donors (Lipinski definition) is 0. The number of rotatable bonds is 1. The average molecular weight is 217 g/mol. The molecule has 0 aromatic heterocycles. The Morgan fingerprint density at radius 3 is 2.69 bits per heavy atom. The molecule has 0 bridgehead atoms. The molecule has 0 saturated carbocycles. The van der Waals surface area contributed by atoms with Crippen molar-refractivity contribution in [1.82, 2.24) is 0 Å². The van der Waals surface area contributed by atoms with Crippen LogP contribution in [0.25, 0.3) is 10.4 Å². The summed E-state index contributed by atoms with van der Waals surface area (Å²) in [5.41, 5.74) is 11.2. The predicted molar refractivity (Wildman–Crippen MR) is 67.5 cm³/mol. The van der Waals surface area contributed by atoms with Gasteiger partial charge in [-0.3, -0.25) is 0 Å². The summed E-state index contributed by atoms with van der Waals surface area (Å²) in [5, 5.41) is 3.84. The molecule has 0 N–H and O–H groups in total.